The van der Waals surface area contributed by atoms with Crippen LogP contribution in [0, 0.1) is 6.92 Å². The Morgan fingerprint density at radius 2 is 2.10 bits per heavy atom. The van der Waals surface area contributed by atoms with Gasteiger partial charge in [0.05, 0.1) is 11.2 Å². The van der Waals surface area contributed by atoms with Crippen LogP contribution >= 0.6 is 11.3 Å². The minimum absolute atomic E-state index is 0.154. The van der Waals surface area contributed by atoms with Gasteiger partial charge in [-0.3, -0.25) is 0 Å². The Kier molecular flexibility index (Phi) is 4.69. The maximum atomic E-state index is 12.1. The molecular weight excluding hydrogens is 296 g/mol. The summed E-state index contributed by atoms with van der Waals surface area (Å²) in [6.45, 7) is 4.79. The van der Waals surface area contributed by atoms with E-state index in [2.05, 4.69) is 20.0 Å². The van der Waals surface area contributed by atoms with E-state index in [1.807, 2.05) is 13.8 Å². The SMILES string of the molecule is CCNc1ccc(S(=O)(=O)NCc2scnc2C)cn1. The minimum Gasteiger partial charge on any atom is -0.370 e. The number of pyridine rings is 1. The maximum Gasteiger partial charge on any atom is 0.242 e. The monoisotopic (exact) mass is 312 g/mol. The summed E-state index contributed by atoms with van der Waals surface area (Å²) < 4.78 is 26.8. The van der Waals surface area contributed by atoms with Crippen molar-refractivity contribution in [1.29, 1.82) is 0 Å². The fraction of sp³-hybridized carbons (Fsp3) is 0.333. The van der Waals surface area contributed by atoms with E-state index >= 15 is 0 Å². The fourth-order valence-corrected chi connectivity index (χ4v) is 3.31. The van der Waals surface area contributed by atoms with Crippen LogP contribution in [0.25, 0.3) is 0 Å². The van der Waals surface area contributed by atoms with Crippen molar-refractivity contribution in [3.63, 3.8) is 0 Å². The first-order valence-corrected chi connectivity index (χ1v) is 8.47. The number of anilines is 1. The molecule has 2 N–H and O–H groups in total. The van der Waals surface area contributed by atoms with Crippen LogP contribution in [-0.4, -0.2) is 24.9 Å². The van der Waals surface area contributed by atoms with Gasteiger partial charge in [0.15, 0.2) is 0 Å². The first-order valence-electron chi connectivity index (χ1n) is 6.11. The van der Waals surface area contributed by atoms with E-state index in [0.29, 0.717) is 5.82 Å². The highest BCUT2D eigenvalue weighted by Gasteiger charge is 2.15. The van der Waals surface area contributed by atoms with Crippen LogP contribution in [-0.2, 0) is 16.6 Å². The first kappa shape index (κ1) is 14.9. The number of hydrogen-bond acceptors (Lipinski definition) is 6. The number of aryl methyl sites for hydroxylation is 1. The number of rotatable bonds is 6. The molecule has 0 spiro atoms. The van der Waals surface area contributed by atoms with E-state index in [-0.39, 0.29) is 11.4 Å². The molecule has 0 saturated carbocycles. The predicted molar refractivity (Wildman–Crippen MR) is 79.3 cm³/mol. The largest absolute Gasteiger partial charge is 0.370 e. The third-order valence-electron chi connectivity index (χ3n) is 2.67. The third-order valence-corrected chi connectivity index (χ3v) is 4.99. The Balaban J connectivity index is 2.08. The van der Waals surface area contributed by atoms with Gasteiger partial charge in [0.2, 0.25) is 10.0 Å². The zero-order chi connectivity index (χ0) is 14.6. The molecule has 2 heterocycles. The summed E-state index contributed by atoms with van der Waals surface area (Å²) in [7, 11) is -3.55. The fourth-order valence-electron chi connectivity index (χ4n) is 1.56. The molecule has 20 heavy (non-hydrogen) atoms. The second-order valence-corrected chi connectivity index (χ2v) is 6.80. The van der Waals surface area contributed by atoms with E-state index in [1.165, 1.54) is 23.6 Å². The van der Waals surface area contributed by atoms with E-state index in [4.69, 9.17) is 0 Å². The van der Waals surface area contributed by atoms with Gasteiger partial charge in [0.25, 0.3) is 0 Å². The summed E-state index contributed by atoms with van der Waals surface area (Å²) in [6.07, 6.45) is 1.35. The van der Waals surface area contributed by atoms with Gasteiger partial charge in [-0.25, -0.2) is 23.1 Å². The molecular formula is C12H16N4O2S2. The normalized spacial score (nSPS) is 11.5. The lowest BCUT2D eigenvalue weighted by atomic mass is 10.4. The van der Waals surface area contributed by atoms with Crippen LogP contribution in [0.15, 0.2) is 28.7 Å². The van der Waals surface area contributed by atoms with Crippen molar-refractivity contribution >= 4 is 27.2 Å². The van der Waals surface area contributed by atoms with Crippen LogP contribution in [0.5, 0.6) is 0 Å². The summed E-state index contributed by atoms with van der Waals surface area (Å²) in [5, 5.41) is 3.02. The molecule has 0 saturated heterocycles. The van der Waals surface area contributed by atoms with Crippen molar-refractivity contribution in [1.82, 2.24) is 14.7 Å². The zero-order valence-corrected chi connectivity index (χ0v) is 12.9. The quantitative estimate of drug-likeness (QED) is 0.849. The number of sulfonamides is 1. The summed E-state index contributed by atoms with van der Waals surface area (Å²) in [4.78, 5) is 9.20. The number of nitrogens with one attached hydrogen (secondary N) is 2. The lowest BCUT2D eigenvalue weighted by Gasteiger charge is -2.07. The molecule has 0 aliphatic rings. The molecule has 0 unspecified atom stereocenters. The van der Waals surface area contributed by atoms with E-state index in [1.54, 1.807) is 11.6 Å². The predicted octanol–water partition coefficient (Wildman–Crippen LogP) is 1.76. The molecule has 0 aliphatic heterocycles. The van der Waals surface area contributed by atoms with Crippen molar-refractivity contribution in [2.75, 3.05) is 11.9 Å². The van der Waals surface area contributed by atoms with E-state index in [9.17, 15) is 8.42 Å². The van der Waals surface area contributed by atoms with Gasteiger partial charge in [-0.15, -0.1) is 11.3 Å². The third kappa shape index (κ3) is 3.53. The molecule has 0 atom stereocenters. The molecule has 108 valence electrons. The number of aromatic nitrogens is 2. The van der Waals surface area contributed by atoms with Crippen LogP contribution in [0.2, 0.25) is 0 Å². The van der Waals surface area contributed by atoms with Gasteiger partial charge < -0.3 is 5.32 Å². The van der Waals surface area contributed by atoms with E-state index < -0.39 is 10.0 Å². The van der Waals surface area contributed by atoms with Crippen LogP contribution in [0.4, 0.5) is 5.82 Å². The van der Waals surface area contributed by atoms with Gasteiger partial charge >= 0.3 is 0 Å². The van der Waals surface area contributed by atoms with Crippen molar-refractivity contribution in [3.05, 3.63) is 34.4 Å². The molecule has 2 aromatic rings. The summed E-state index contributed by atoms with van der Waals surface area (Å²) >= 11 is 1.43. The topological polar surface area (TPSA) is 84.0 Å². The van der Waals surface area contributed by atoms with Crippen molar-refractivity contribution in [3.8, 4) is 0 Å². The van der Waals surface area contributed by atoms with Crippen LogP contribution in [0.3, 0.4) is 0 Å². The average Bonchev–Trinajstić information content (AvgIpc) is 2.83. The van der Waals surface area contributed by atoms with E-state index in [0.717, 1.165) is 17.1 Å². The second kappa shape index (κ2) is 6.29. The van der Waals surface area contributed by atoms with Crippen LogP contribution in [0.1, 0.15) is 17.5 Å². The molecule has 0 amide bonds. The van der Waals surface area contributed by atoms with Gasteiger partial charge in [0.1, 0.15) is 10.7 Å². The second-order valence-electron chi connectivity index (χ2n) is 4.09. The summed E-state index contributed by atoms with van der Waals surface area (Å²) in [6, 6.07) is 3.18. The Morgan fingerprint density at radius 1 is 1.30 bits per heavy atom. The van der Waals surface area contributed by atoms with Gasteiger partial charge in [-0.2, -0.15) is 0 Å². The maximum absolute atomic E-state index is 12.1. The van der Waals surface area contributed by atoms with Crippen molar-refractivity contribution in [2.24, 2.45) is 0 Å². The Bertz CT molecular complexity index is 665. The highest BCUT2D eigenvalue weighted by atomic mass is 32.2. The lowest BCUT2D eigenvalue weighted by molar-refractivity contribution is 0.581. The first-order chi connectivity index (χ1) is 9.53. The number of hydrogen-bond donors (Lipinski definition) is 2. The van der Waals surface area contributed by atoms with Gasteiger partial charge in [0, 0.05) is 24.2 Å². The number of thiazole rings is 1. The zero-order valence-electron chi connectivity index (χ0n) is 11.3. The van der Waals surface area contributed by atoms with Crippen LogP contribution < -0.4 is 10.0 Å². The van der Waals surface area contributed by atoms with Gasteiger partial charge in [-0.1, -0.05) is 0 Å². The van der Waals surface area contributed by atoms with Crippen molar-refractivity contribution in [2.45, 2.75) is 25.3 Å². The Hall–Kier alpha value is -1.51. The standard InChI is InChI=1S/C12H16N4O2S2/c1-3-13-12-5-4-10(6-14-12)20(17,18)16-7-11-9(2)15-8-19-11/h4-6,8,16H,3,7H2,1-2H3,(H,13,14). The molecule has 8 heteroatoms. The van der Waals surface area contributed by atoms with Crippen molar-refractivity contribution < 1.29 is 8.42 Å². The molecule has 2 aromatic heterocycles. The highest BCUT2D eigenvalue weighted by Crippen LogP contribution is 2.14. The number of nitrogens with zero attached hydrogens (tertiary/aromatic N) is 2. The Morgan fingerprint density at radius 3 is 2.65 bits per heavy atom. The Labute approximate surface area is 122 Å². The molecule has 2 rings (SSSR count). The molecule has 0 aromatic carbocycles. The average molecular weight is 312 g/mol. The minimum atomic E-state index is -3.55. The summed E-state index contributed by atoms with van der Waals surface area (Å²) in [5.41, 5.74) is 2.55. The molecule has 0 radical (unpaired) electrons. The molecule has 0 fully saturated rings. The smallest absolute Gasteiger partial charge is 0.242 e. The molecule has 6 nitrogen and oxygen atoms in total. The highest BCUT2D eigenvalue weighted by molar-refractivity contribution is 7.89. The molecule has 0 bridgehead atoms. The van der Waals surface area contributed by atoms with Gasteiger partial charge in [-0.05, 0) is 26.0 Å². The summed E-state index contributed by atoms with van der Waals surface area (Å²) in [5.74, 6) is 0.657. The molecule has 0 aliphatic carbocycles. The lowest BCUT2D eigenvalue weighted by Crippen LogP contribution is -2.23.